The van der Waals surface area contributed by atoms with E-state index >= 15 is 0 Å². The average molecular weight is 281 g/mol. The molecule has 1 fully saturated rings. The number of aliphatic hydroxyl groups is 1. The van der Waals surface area contributed by atoms with Crippen LogP contribution in [0.15, 0.2) is 18.2 Å². The molecule has 0 saturated carbocycles. The van der Waals surface area contributed by atoms with E-state index in [9.17, 15) is 20.3 Å². The van der Waals surface area contributed by atoms with Crippen molar-refractivity contribution in [1.29, 1.82) is 0 Å². The van der Waals surface area contributed by atoms with Crippen LogP contribution in [0.25, 0.3) is 0 Å². The van der Waals surface area contributed by atoms with Gasteiger partial charge in [-0.2, -0.15) is 0 Å². The molecule has 3 N–H and O–H groups in total. The molecule has 110 valence electrons. The Morgan fingerprint density at radius 3 is 2.70 bits per heavy atom. The van der Waals surface area contributed by atoms with E-state index in [1.807, 2.05) is 0 Å². The third-order valence-corrected chi connectivity index (χ3v) is 3.56. The van der Waals surface area contributed by atoms with Crippen molar-refractivity contribution < 1.29 is 15.1 Å². The molecule has 0 unspecified atom stereocenters. The Balaban J connectivity index is 2.36. The van der Waals surface area contributed by atoms with Crippen LogP contribution in [0.3, 0.4) is 0 Å². The standard InChI is InChI=1S/C13H19N3O4/c17-8-3-12(15-6-4-14-5-7-15)11-9-10(18)1-2-13(11)16(19)20/h1-2,9,12,14,17-18H,3-8H2/t12-/m1/s1. The van der Waals surface area contributed by atoms with Crippen molar-refractivity contribution in [3.8, 4) is 5.75 Å². The minimum atomic E-state index is -0.443. The number of nitro benzene ring substituents is 1. The van der Waals surface area contributed by atoms with Gasteiger partial charge in [0.2, 0.25) is 0 Å². The number of aromatic hydroxyl groups is 1. The van der Waals surface area contributed by atoms with E-state index in [2.05, 4.69) is 10.2 Å². The van der Waals surface area contributed by atoms with Crippen LogP contribution in [0.4, 0.5) is 5.69 Å². The zero-order valence-electron chi connectivity index (χ0n) is 11.2. The lowest BCUT2D eigenvalue weighted by molar-refractivity contribution is -0.386. The van der Waals surface area contributed by atoms with Crippen molar-refractivity contribution in [2.24, 2.45) is 0 Å². The zero-order valence-corrected chi connectivity index (χ0v) is 11.2. The first-order chi connectivity index (χ1) is 9.63. The van der Waals surface area contributed by atoms with Gasteiger partial charge in [0.25, 0.3) is 5.69 Å². The number of hydrogen-bond donors (Lipinski definition) is 3. The van der Waals surface area contributed by atoms with E-state index in [0.717, 1.165) is 26.2 Å². The summed E-state index contributed by atoms with van der Waals surface area (Å²) in [6.45, 7) is 3.10. The third-order valence-electron chi connectivity index (χ3n) is 3.56. The summed E-state index contributed by atoms with van der Waals surface area (Å²) in [5.41, 5.74) is 0.450. The molecule has 1 saturated heterocycles. The average Bonchev–Trinajstić information content (AvgIpc) is 2.45. The van der Waals surface area contributed by atoms with Crippen LogP contribution in [-0.2, 0) is 0 Å². The molecule has 1 aliphatic heterocycles. The molecule has 0 spiro atoms. The molecule has 20 heavy (non-hydrogen) atoms. The van der Waals surface area contributed by atoms with E-state index in [-0.39, 0.29) is 24.1 Å². The second-order valence-electron chi connectivity index (χ2n) is 4.81. The molecule has 1 aromatic rings. The molecule has 7 nitrogen and oxygen atoms in total. The molecule has 7 heteroatoms. The number of piperazine rings is 1. The van der Waals surface area contributed by atoms with Crippen molar-refractivity contribution in [1.82, 2.24) is 10.2 Å². The van der Waals surface area contributed by atoms with Crippen LogP contribution < -0.4 is 5.32 Å². The predicted octanol–water partition coefficient (Wildman–Crippen LogP) is 0.629. The number of phenolic OH excluding ortho intramolecular Hbond substituents is 1. The molecule has 0 bridgehead atoms. The fraction of sp³-hybridized carbons (Fsp3) is 0.538. The number of nitrogens with zero attached hydrogens (tertiary/aromatic N) is 2. The quantitative estimate of drug-likeness (QED) is 0.541. The number of aliphatic hydroxyl groups excluding tert-OH is 1. The molecular weight excluding hydrogens is 262 g/mol. The first kappa shape index (κ1) is 14.7. The first-order valence-electron chi connectivity index (χ1n) is 6.66. The molecule has 1 heterocycles. The Kier molecular flexibility index (Phi) is 4.89. The Morgan fingerprint density at radius 2 is 2.10 bits per heavy atom. The van der Waals surface area contributed by atoms with Crippen molar-refractivity contribution in [2.75, 3.05) is 32.8 Å². The van der Waals surface area contributed by atoms with Gasteiger partial charge in [0.05, 0.1) is 10.5 Å². The fourth-order valence-electron chi connectivity index (χ4n) is 2.63. The highest BCUT2D eigenvalue weighted by molar-refractivity contribution is 5.46. The summed E-state index contributed by atoms with van der Waals surface area (Å²) in [6, 6.07) is 3.81. The normalized spacial score (nSPS) is 17.9. The summed E-state index contributed by atoms with van der Waals surface area (Å²) in [4.78, 5) is 12.8. The molecule has 0 aliphatic carbocycles. The van der Waals surface area contributed by atoms with Crippen LogP contribution >= 0.6 is 0 Å². The van der Waals surface area contributed by atoms with E-state index in [1.54, 1.807) is 0 Å². The highest BCUT2D eigenvalue weighted by Gasteiger charge is 2.28. The Bertz CT molecular complexity index is 475. The maximum Gasteiger partial charge on any atom is 0.274 e. The largest absolute Gasteiger partial charge is 0.508 e. The minimum Gasteiger partial charge on any atom is -0.508 e. The van der Waals surface area contributed by atoms with Gasteiger partial charge in [0.1, 0.15) is 5.75 Å². The van der Waals surface area contributed by atoms with E-state index in [0.29, 0.717) is 12.0 Å². The lowest BCUT2D eigenvalue weighted by atomic mass is 9.99. The van der Waals surface area contributed by atoms with Gasteiger partial charge in [-0.25, -0.2) is 0 Å². The number of phenols is 1. The maximum atomic E-state index is 11.2. The smallest absolute Gasteiger partial charge is 0.274 e. The van der Waals surface area contributed by atoms with Gasteiger partial charge in [-0.3, -0.25) is 15.0 Å². The molecule has 1 aromatic carbocycles. The summed E-state index contributed by atoms with van der Waals surface area (Å²) < 4.78 is 0. The predicted molar refractivity (Wildman–Crippen MR) is 73.6 cm³/mol. The summed E-state index contributed by atoms with van der Waals surface area (Å²) in [5, 5.41) is 33.3. The van der Waals surface area contributed by atoms with E-state index in [4.69, 9.17) is 0 Å². The molecule has 0 aromatic heterocycles. The lowest BCUT2D eigenvalue weighted by Gasteiger charge is -2.34. The van der Waals surface area contributed by atoms with Crippen molar-refractivity contribution in [2.45, 2.75) is 12.5 Å². The van der Waals surface area contributed by atoms with Gasteiger partial charge in [-0.15, -0.1) is 0 Å². The van der Waals surface area contributed by atoms with Gasteiger partial charge in [-0.05, 0) is 18.6 Å². The van der Waals surface area contributed by atoms with Crippen LogP contribution in [0.2, 0.25) is 0 Å². The second-order valence-corrected chi connectivity index (χ2v) is 4.81. The molecule has 0 amide bonds. The van der Waals surface area contributed by atoms with E-state index in [1.165, 1.54) is 18.2 Å². The van der Waals surface area contributed by atoms with Crippen molar-refractivity contribution in [3.63, 3.8) is 0 Å². The van der Waals surface area contributed by atoms with Gasteiger partial charge < -0.3 is 15.5 Å². The van der Waals surface area contributed by atoms with Crippen molar-refractivity contribution >= 4 is 5.69 Å². The Labute approximate surface area is 117 Å². The summed E-state index contributed by atoms with van der Waals surface area (Å²) >= 11 is 0. The SMILES string of the molecule is O=[N+]([O-])c1ccc(O)cc1[C@@H](CCO)N1CCNCC1. The molecule has 1 aliphatic rings. The topological polar surface area (TPSA) is 98.9 Å². The summed E-state index contributed by atoms with van der Waals surface area (Å²) in [7, 11) is 0. The fourth-order valence-corrected chi connectivity index (χ4v) is 2.63. The van der Waals surface area contributed by atoms with Gasteiger partial charge in [-0.1, -0.05) is 0 Å². The summed E-state index contributed by atoms with van der Waals surface area (Å²) in [5.74, 6) is 0.00340. The number of benzene rings is 1. The highest BCUT2D eigenvalue weighted by Crippen LogP contribution is 2.34. The molecule has 2 rings (SSSR count). The third kappa shape index (κ3) is 3.24. The van der Waals surface area contributed by atoms with Gasteiger partial charge in [0, 0.05) is 44.9 Å². The van der Waals surface area contributed by atoms with Gasteiger partial charge in [0.15, 0.2) is 0 Å². The second kappa shape index (κ2) is 6.65. The number of nitrogens with one attached hydrogen (secondary N) is 1. The van der Waals surface area contributed by atoms with Crippen LogP contribution in [-0.4, -0.2) is 52.8 Å². The minimum absolute atomic E-state index is 0.00340. The number of rotatable bonds is 5. The highest BCUT2D eigenvalue weighted by atomic mass is 16.6. The van der Waals surface area contributed by atoms with E-state index < -0.39 is 4.92 Å². The first-order valence-corrected chi connectivity index (χ1v) is 6.66. The summed E-state index contributed by atoms with van der Waals surface area (Å²) in [6.07, 6.45) is 0.407. The number of hydrogen-bond acceptors (Lipinski definition) is 6. The molecular formula is C13H19N3O4. The van der Waals surface area contributed by atoms with Gasteiger partial charge >= 0.3 is 0 Å². The number of nitro groups is 1. The Morgan fingerprint density at radius 1 is 1.40 bits per heavy atom. The van der Waals surface area contributed by atoms with Crippen LogP contribution in [0.1, 0.15) is 18.0 Å². The maximum absolute atomic E-state index is 11.2. The molecule has 1 atom stereocenters. The molecule has 0 radical (unpaired) electrons. The van der Waals surface area contributed by atoms with Crippen molar-refractivity contribution in [3.05, 3.63) is 33.9 Å². The zero-order chi connectivity index (χ0) is 14.5. The lowest BCUT2D eigenvalue weighted by Crippen LogP contribution is -2.45. The Hall–Kier alpha value is -1.70. The van der Waals surface area contributed by atoms with Crippen LogP contribution in [0.5, 0.6) is 5.75 Å². The van der Waals surface area contributed by atoms with Crippen LogP contribution in [0, 0.1) is 10.1 Å². The monoisotopic (exact) mass is 281 g/mol.